The number of ketones is 1. The topological polar surface area (TPSA) is 70.1 Å². The number of morpholine rings is 1. The molecule has 0 unspecified atom stereocenters. The maximum Gasteiger partial charge on any atom is 0.290 e. The zero-order chi connectivity index (χ0) is 18.7. The molecule has 2 heterocycles. The van der Waals surface area contributed by atoms with Crippen LogP contribution in [0.4, 0.5) is 0 Å². The number of carbonyl (C=O) groups excluding carboxylic acids is 2. The lowest BCUT2D eigenvalue weighted by Gasteiger charge is -2.29. The molecule has 140 valence electrons. The van der Waals surface area contributed by atoms with Crippen LogP contribution in [0, 0.1) is 0 Å². The van der Waals surface area contributed by atoms with Crippen molar-refractivity contribution in [2.75, 3.05) is 39.4 Å². The van der Waals surface area contributed by atoms with E-state index in [-0.39, 0.29) is 11.4 Å². The van der Waals surface area contributed by atoms with Gasteiger partial charge >= 0.3 is 0 Å². The molecule has 0 spiro atoms. The molecule has 26 heavy (non-hydrogen) atoms. The summed E-state index contributed by atoms with van der Waals surface area (Å²) in [5, 5.41) is 10.3. The van der Waals surface area contributed by atoms with Crippen LogP contribution < -0.4 is 0 Å². The minimum atomic E-state index is -0.530. The number of aliphatic hydroxyl groups is 1. The van der Waals surface area contributed by atoms with Gasteiger partial charge < -0.3 is 14.7 Å². The van der Waals surface area contributed by atoms with Crippen molar-refractivity contribution in [1.82, 2.24) is 9.80 Å². The zero-order valence-corrected chi connectivity index (χ0v) is 16.4. The molecule has 1 N–H and O–H groups in total. The molecule has 6 nitrogen and oxygen atoms in total. The van der Waals surface area contributed by atoms with E-state index >= 15 is 0 Å². The number of benzene rings is 1. The van der Waals surface area contributed by atoms with Crippen molar-refractivity contribution < 1.29 is 19.4 Å². The molecule has 0 saturated carbocycles. The molecule has 0 radical (unpaired) electrons. The summed E-state index contributed by atoms with van der Waals surface area (Å²) in [4.78, 5) is 28.6. The van der Waals surface area contributed by atoms with Crippen LogP contribution >= 0.6 is 15.9 Å². The SMILES string of the molecule is CC(=O)C1=C(O)C(=O)N(CCCN2CCOCC2)[C@@H]1c1ccc(Br)cc1. The molecule has 1 aromatic carbocycles. The van der Waals surface area contributed by atoms with E-state index in [0.29, 0.717) is 6.54 Å². The van der Waals surface area contributed by atoms with Crippen molar-refractivity contribution in [3.8, 4) is 0 Å². The smallest absolute Gasteiger partial charge is 0.290 e. The van der Waals surface area contributed by atoms with Crippen LogP contribution in [-0.4, -0.2) is 66.0 Å². The highest BCUT2D eigenvalue weighted by Gasteiger charge is 2.41. The predicted octanol–water partition coefficient (Wildman–Crippen LogP) is 2.46. The second kappa shape index (κ2) is 8.33. The van der Waals surface area contributed by atoms with E-state index in [0.717, 1.165) is 49.3 Å². The van der Waals surface area contributed by atoms with E-state index in [1.54, 1.807) is 4.90 Å². The molecule has 1 fully saturated rings. The third-order valence-corrected chi connectivity index (χ3v) is 5.37. The van der Waals surface area contributed by atoms with Crippen LogP contribution in [0.15, 0.2) is 40.1 Å². The first-order chi connectivity index (χ1) is 12.5. The highest BCUT2D eigenvalue weighted by atomic mass is 79.9. The first-order valence-electron chi connectivity index (χ1n) is 8.79. The fraction of sp³-hybridized carbons (Fsp3) is 0.474. The summed E-state index contributed by atoms with van der Waals surface area (Å²) < 4.78 is 6.27. The van der Waals surface area contributed by atoms with Gasteiger partial charge in [-0.15, -0.1) is 0 Å². The minimum absolute atomic E-state index is 0.184. The highest BCUT2D eigenvalue weighted by Crippen LogP contribution is 2.38. The van der Waals surface area contributed by atoms with Gasteiger partial charge in [-0.1, -0.05) is 28.1 Å². The van der Waals surface area contributed by atoms with E-state index < -0.39 is 17.7 Å². The monoisotopic (exact) mass is 422 g/mol. The second-order valence-electron chi connectivity index (χ2n) is 6.58. The Kier molecular flexibility index (Phi) is 6.11. The van der Waals surface area contributed by atoms with E-state index in [1.165, 1.54) is 6.92 Å². The fourth-order valence-corrected chi connectivity index (χ4v) is 3.79. The van der Waals surface area contributed by atoms with Crippen molar-refractivity contribution in [3.63, 3.8) is 0 Å². The molecule has 1 amide bonds. The number of rotatable bonds is 6. The fourth-order valence-electron chi connectivity index (χ4n) is 3.52. The van der Waals surface area contributed by atoms with Gasteiger partial charge in [-0.05, 0) is 31.0 Å². The summed E-state index contributed by atoms with van der Waals surface area (Å²) in [5.41, 5.74) is 1.01. The largest absolute Gasteiger partial charge is 0.503 e. The molecule has 1 aromatic rings. The molecule has 3 rings (SSSR count). The Morgan fingerprint density at radius 3 is 2.50 bits per heavy atom. The molecule has 0 bridgehead atoms. The molecule has 0 aliphatic carbocycles. The van der Waals surface area contributed by atoms with Crippen LogP contribution in [0.1, 0.15) is 24.9 Å². The third kappa shape index (κ3) is 4.00. The van der Waals surface area contributed by atoms with Crippen LogP contribution in [0.25, 0.3) is 0 Å². The maximum absolute atomic E-state index is 12.6. The Morgan fingerprint density at radius 2 is 1.88 bits per heavy atom. The number of halogens is 1. The Balaban J connectivity index is 1.76. The van der Waals surface area contributed by atoms with Gasteiger partial charge in [-0.25, -0.2) is 0 Å². The quantitative estimate of drug-likeness (QED) is 0.762. The highest BCUT2D eigenvalue weighted by molar-refractivity contribution is 9.10. The Morgan fingerprint density at radius 1 is 1.23 bits per heavy atom. The number of amides is 1. The number of Topliss-reactive ketones (excluding diaryl/α,β-unsaturated/α-hetero) is 1. The average Bonchev–Trinajstić information content (AvgIpc) is 2.88. The van der Waals surface area contributed by atoms with Crippen molar-refractivity contribution in [2.24, 2.45) is 0 Å². The van der Waals surface area contributed by atoms with Crippen molar-refractivity contribution in [2.45, 2.75) is 19.4 Å². The van der Waals surface area contributed by atoms with Crippen LogP contribution in [0.5, 0.6) is 0 Å². The first-order valence-corrected chi connectivity index (χ1v) is 9.59. The van der Waals surface area contributed by atoms with E-state index in [1.807, 2.05) is 24.3 Å². The second-order valence-corrected chi connectivity index (χ2v) is 7.49. The molecular formula is C19H23BrN2O4. The summed E-state index contributed by atoms with van der Waals surface area (Å²) in [6.45, 7) is 6.00. The van der Waals surface area contributed by atoms with Crippen LogP contribution in [0.2, 0.25) is 0 Å². The standard InChI is InChI=1S/C19H23BrN2O4/c1-13(23)16-17(14-3-5-15(20)6-4-14)22(19(25)18(16)24)8-2-7-21-9-11-26-12-10-21/h3-6,17,24H,2,7-12H2,1H3/t17-/m1/s1. The van der Waals surface area contributed by atoms with E-state index in [2.05, 4.69) is 20.8 Å². The minimum Gasteiger partial charge on any atom is -0.503 e. The van der Waals surface area contributed by atoms with Gasteiger partial charge in [0.2, 0.25) is 0 Å². The summed E-state index contributed by atoms with van der Waals surface area (Å²) in [6, 6.07) is 6.96. The zero-order valence-electron chi connectivity index (χ0n) is 14.8. The average molecular weight is 423 g/mol. The van der Waals surface area contributed by atoms with Gasteiger partial charge in [0.15, 0.2) is 11.5 Å². The van der Waals surface area contributed by atoms with Crippen LogP contribution in [-0.2, 0) is 14.3 Å². The summed E-state index contributed by atoms with van der Waals surface area (Å²) in [5.74, 6) is -1.17. The normalized spacial score (nSPS) is 21.5. The predicted molar refractivity (Wildman–Crippen MR) is 101 cm³/mol. The summed E-state index contributed by atoms with van der Waals surface area (Å²) in [7, 11) is 0. The molecule has 0 aromatic heterocycles. The first kappa shape index (κ1) is 19.1. The van der Waals surface area contributed by atoms with Crippen molar-refractivity contribution in [1.29, 1.82) is 0 Å². The number of aliphatic hydroxyl groups excluding tert-OH is 1. The van der Waals surface area contributed by atoms with Gasteiger partial charge in [0.05, 0.1) is 24.8 Å². The molecule has 2 aliphatic heterocycles. The lowest BCUT2D eigenvalue weighted by molar-refractivity contribution is -0.129. The van der Waals surface area contributed by atoms with Crippen molar-refractivity contribution >= 4 is 27.6 Å². The molecule has 1 atom stereocenters. The summed E-state index contributed by atoms with van der Waals surface area (Å²) in [6.07, 6.45) is 0.775. The Labute approximate surface area is 161 Å². The van der Waals surface area contributed by atoms with Gasteiger partial charge in [0.1, 0.15) is 0 Å². The Bertz CT molecular complexity index is 711. The number of hydrogen-bond acceptors (Lipinski definition) is 5. The van der Waals surface area contributed by atoms with Gasteiger partial charge in [-0.2, -0.15) is 0 Å². The van der Waals surface area contributed by atoms with E-state index in [4.69, 9.17) is 4.74 Å². The Hall–Kier alpha value is -1.70. The summed E-state index contributed by atoms with van der Waals surface area (Å²) >= 11 is 3.40. The molecule has 1 saturated heterocycles. The molecule has 7 heteroatoms. The van der Waals surface area contributed by atoms with Gasteiger partial charge in [0.25, 0.3) is 5.91 Å². The molecule has 2 aliphatic rings. The number of nitrogens with zero attached hydrogens (tertiary/aromatic N) is 2. The number of hydrogen-bond donors (Lipinski definition) is 1. The lowest BCUT2D eigenvalue weighted by Crippen LogP contribution is -2.39. The van der Waals surface area contributed by atoms with Gasteiger partial charge in [-0.3, -0.25) is 14.5 Å². The lowest BCUT2D eigenvalue weighted by atomic mass is 9.97. The third-order valence-electron chi connectivity index (χ3n) is 4.85. The maximum atomic E-state index is 12.6. The molecular weight excluding hydrogens is 400 g/mol. The van der Waals surface area contributed by atoms with Gasteiger partial charge in [0, 0.05) is 30.7 Å². The van der Waals surface area contributed by atoms with Crippen molar-refractivity contribution in [3.05, 3.63) is 45.6 Å². The van der Waals surface area contributed by atoms with E-state index in [9.17, 15) is 14.7 Å². The number of carbonyl (C=O) groups is 2. The van der Waals surface area contributed by atoms with Crippen LogP contribution in [0.3, 0.4) is 0 Å². The number of ether oxygens (including phenoxy) is 1.